The van der Waals surface area contributed by atoms with Crippen LogP contribution in [0, 0.1) is 0 Å². The van der Waals surface area contributed by atoms with Gasteiger partial charge in [0.25, 0.3) is 0 Å². The summed E-state index contributed by atoms with van der Waals surface area (Å²) in [5.74, 6) is 0.718. The second-order valence-electron chi connectivity index (χ2n) is 2.89. The van der Waals surface area contributed by atoms with E-state index in [0.29, 0.717) is 0 Å². The van der Waals surface area contributed by atoms with Crippen LogP contribution < -0.4 is 10.1 Å². The van der Waals surface area contributed by atoms with Crippen molar-refractivity contribution in [3.63, 3.8) is 0 Å². The third kappa shape index (κ3) is 1.28. The van der Waals surface area contributed by atoms with Gasteiger partial charge in [-0.25, -0.2) is 4.98 Å². The number of rotatable bonds is 1. The molecule has 0 saturated heterocycles. The number of fused-ring (bicyclic) bond motifs is 1. The monoisotopic (exact) mass is 164 g/mol. The topological polar surface area (TPSA) is 34.1 Å². The van der Waals surface area contributed by atoms with Crippen molar-refractivity contribution in [3.05, 3.63) is 23.4 Å². The van der Waals surface area contributed by atoms with Crippen LogP contribution in [0.5, 0.6) is 5.88 Å². The van der Waals surface area contributed by atoms with Gasteiger partial charge >= 0.3 is 0 Å². The third-order valence-corrected chi connectivity index (χ3v) is 2.11. The fourth-order valence-electron chi connectivity index (χ4n) is 1.43. The minimum Gasteiger partial charge on any atom is -0.481 e. The van der Waals surface area contributed by atoms with Crippen molar-refractivity contribution in [2.24, 2.45) is 0 Å². The fraction of sp³-hybridized carbons (Fsp3) is 0.444. The van der Waals surface area contributed by atoms with Crippen LogP contribution in [-0.2, 0) is 13.0 Å². The molecule has 1 aliphatic heterocycles. The van der Waals surface area contributed by atoms with E-state index in [4.69, 9.17) is 4.74 Å². The van der Waals surface area contributed by atoms with Crippen LogP contribution in [0.3, 0.4) is 0 Å². The van der Waals surface area contributed by atoms with Gasteiger partial charge in [0.1, 0.15) is 0 Å². The van der Waals surface area contributed by atoms with E-state index in [1.54, 1.807) is 7.11 Å². The van der Waals surface area contributed by atoms with E-state index in [9.17, 15) is 0 Å². The number of hydrogen-bond donors (Lipinski definition) is 1. The van der Waals surface area contributed by atoms with E-state index in [1.807, 2.05) is 6.07 Å². The van der Waals surface area contributed by atoms with Crippen molar-refractivity contribution in [3.8, 4) is 5.88 Å². The molecule has 1 aliphatic rings. The first-order valence-electron chi connectivity index (χ1n) is 4.13. The number of methoxy groups -OCH3 is 1. The second kappa shape index (κ2) is 3.11. The molecular formula is C9H12N2O. The summed E-state index contributed by atoms with van der Waals surface area (Å²) >= 11 is 0. The zero-order chi connectivity index (χ0) is 8.39. The van der Waals surface area contributed by atoms with Gasteiger partial charge < -0.3 is 10.1 Å². The standard InChI is InChI=1S/C9H12N2O/c1-12-9-3-2-7-6-10-5-4-8(7)11-9/h2-3,10H,4-6H2,1H3. The molecule has 0 aromatic carbocycles. The first-order valence-corrected chi connectivity index (χ1v) is 4.13. The van der Waals surface area contributed by atoms with Gasteiger partial charge in [-0.1, -0.05) is 6.07 Å². The zero-order valence-electron chi connectivity index (χ0n) is 7.13. The lowest BCUT2D eigenvalue weighted by atomic mass is 10.1. The lowest BCUT2D eigenvalue weighted by Crippen LogP contribution is -2.24. The Labute approximate surface area is 71.8 Å². The lowest BCUT2D eigenvalue weighted by Gasteiger charge is -2.15. The normalized spacial score (nSPS) is 15.4. The van der Waals surface area contributed by atoms with Crippen molar-refractivity contribution in [2.45, 2.75) is 13.0 Å². The molecule has 2 heterocycles. The molecule has 3 heteroatoms. The minimum absolute atomic E-state index is 0.718. The highest BCUT2D eigenvalue weighted by atomic mass is 16.5. The van der Waals surface area contributed by atoms with Crippen molar-refractivity contribution in [1.82, 2.24) is 10.3 Å². The summed E-state index contributed by atoms with van der Waals surface area (Å²) < 4.78 is 5.05. The van der Waals surface area contributed by atoms with Crippen LogP contribution in [0.4, 0.5) is 0 Å². The number of pyridine rings is 1. The van der Waals surface area contributed by atoms with E-state index in [2.05, 4.69) is 16.4 Å². The molecule has 0 saturated carbocycles. The molecule has 0 unspecified atom stereocenters. The van der Waals surface area contributed by atoms with Gasteiger partial charge in [0, 0.05) is 25.6 Å². The molecule has 12 heavy (non-hydrogen) atoms. The van der Waals surface area contributed by atoms with Gasteiger partial charge in [-0.3, -0.25) is 0 Å². The predicted octanol–water partition coefficient (Wildman–Crippen LogP) is 0.736. The molecule has 64 valence electrons. The number of hydrogen-bond acceptors (Lipinski definition) is 3. The summed E-state index contributed by atoms with van der Waals surface area (Å²) in [6.07, 6.45) is 1.01. The first-order chi connectivity index (χ1) is 5.90. The highest BCUT2D eigenvalue weighted by Gasteiger charge is 2.09. The summed E-state index contributed by atoms with van der Waals surface area (Å²) in [6.45, 7) is 1.96. The van der Waals surface area contributed by atoms with Crippen LogP contribution in [0.25, 0.3) is 0 Å². The van der Waals surface area contributed by atoms with Gasteiger partial charge in [0.05, 0.1) is 12.8 Å². The molecule has 0 spiro atoms. The van der Waals surface area contributed by atoms with Crippen LogP contribution in [0.2, 0.25) is 0 Å². The Balaban J connectivity index is 2.36. The average Bonchev–Trinajstić information content (AvgIpc) is 2.17. The minimum atomic E-state index is 0.718. The smallest absolute Gasteiger partial charge is 0.213 e. The average molecular weight is 164 g/mol. The Kier molecular flexibility index (Phi) is 1.96. The molecule has 1 aromatic rings. The maximum absolute atomic E-state index is 5.05. The summed E-state index contributed by atoms with van der Waals surface area (Å²) in [5.41, 5.74) is 2.47. The van der Waals surface area contributed by atoms with E-state index in [-0.39, 0.29) is 0 Å². The number of aromatic nitrogens is 1. The molecule has 0 fully saturated rings. The van der Waals surface area contributed by atoms with Crippen molar-refractivity contribution in [2.75, 3.05) is 13.7 Å². The molecular weight excluding hydrogens is 152 g/mol. The quantitative estimate of drug-likeness (QED) is 0.664. The number of nitrogens with one attached hydrogen (secondary N) is 1. The molecule has 0 amide bonds. The molecule has 0 aliphatic carbocycles. The molecule has 0 atom stereocenters. The van der Waals surface area contributed by atoms with Crippen LogP contribution in [-0.4, -0.2) is 18.6 Å². The summed E-state index contributed by atoms with van der Waals surface area (Å²) in [7, 11) is 1.65. The highest BCUT2D eigenvalue weighted by Crippen LogP contribution is 2.15. The zero-order valence-corrected chi connectivity index (χ0v) is 7.13. The van der Waals surface area contributed by atoms with Gasteiger partial charge in [-0.05, 0) is 5.56 Å². The predicted molar refractivity (Wildman–Crippen MR) is 46.2 cm³/mol. The van der Waals surface area contributed by atoms with E-state index in [1.165, 1.54) is 11.3 Å². The van der Waals surface area contributed by atoms with E-state index >= 15 is 0 Å². The van der Waals surface area contributed by atoms with Crippen LogP contribution >= 0.6 is 0 Å². The Morgan fingerprint density at radius 1 is 1.50 bits per heavy atom. The summed E-state index contributed by atoms with van der Waals surface area (Å²) in [5, 5.41) is 3.30. The fourth-order valence-corrected chi connectivity index (χ4v) is 1.43. The lowest BCUT2D eigenvalue weighted by molar-refractivity contribution is 0.394. The Hall–Kier alpha value is -1.09. The van der Waals surface area contributed by atoms with Crippen LogP contribution in [0.15, 0.2) is 12.1 Å². The molecule has 0 radical (unpaired) electrons. The maximum atomic E-state index is 5.05. The van der Waals surface area contributed by atoms with Gasteiger partial charge in [-0.2, -0.15) is 0 Å². The first kappa shape index (κ1) is 7.55. The summed E-state index contributed by atoms with van der Waals surface area (Å²) in [6, 6.07) is 3.99. The third-order valence-electron chi connectivity index (χ3n) is 2.11. The van der Waals surface area contributed by atoms with Gasteiger partial charge in [0.15, 0.2) is 0 Å². The highest BCUT2D eigenvalue weighted by molar-refractivity contribution is 5.27. The van der Waals surface area contributed by atoms with E-state index < -0.39 is 0 Å². The molecule has 3 nitrogen and oxygen atoms in total. The molecule has 1 N–H and O–H groups in total. The largest absolute Gasteiger partial charge is 0.481 e. The second-order valence-corrected chi connectivity index (χ2v) is 2.89. The number of ether oxygens (including phenoxy) is 1. The summed E-state index contributed by atoms with van der Waals surface area (Å²) in [4.78, 5) is 4.37. The maximum Gasteiger partial charge on any atom is 0.213 e. The van der Waals surface area contributed by atoms with Gasteiger partial charge in [0.2, 0.25) is 5.88 Å². The number of nitrogens with zero attached hydrogens (tertiary/aromatic N) is 1. The van der Waals surface area contributed by atoms with Crippen LogP contribution in [0.1, 0.15) is 11.3 Å². The van der Waals surface area contributed by atoms with Crippen molar-refractivity contribution in [1.29, 1.82) is 0 Å². The van der Waals surface area contributed by atoms with Crippen molar-refractivity contribution < 1.29 is 4.74 Å². The van der Waals surface area contributed by atoms with E-state index in [0.717, 1.165) is 25.4 Å². The Morgan fingerprint density at radius 2 is 2.42 bits per heavy atom. The van der Waals surface area contributed by atoms with Crippen molar-refractivity contribution >= 4 is 0 Å². The molecule has 0 bridgehead atoms. The SMILES string of the molecule is COc1ccc2c(n1)CCNC2. The molecule has 2 rings (SSSR count). The Morgan fingerprint density at radius 3 is 3.25 bits per heavy atom. The molecule has 1 aromatic heterocycles. The Bertz CT molecular complexity index is 286. The van der Waals surface area contributed by atoms with Gasteiger partial charge in [-0.15, -0.1) is 0 Å².